The number of ether oxygens (including phenoxy) is 1. The van der Waals surface area contributed by atoms with Gasteiger partial charge in [-0.1, -0.05) is 24.8 Å². The Morgan fingerprint density at radius 1 is 1.44 bits per heavy atom. The van der Waals surface area contributed by atoms with Gasteiger partial charge in [-0.15, -0.1) is 0 Å². The molecule has 0 saturated heterocycles. The number of carbonyl (C=O) groups excluding carboxylic acids is 1. The van der Waals surface area contributed by atoms with E-state index in [2.05, 4.69) is 11.9 Å². The number of para-hydroxylation sites is 1. The predicted octanol–water partition coefficient (Wildman–Crippen LogP) is 2.20. The fraction of sp³-hybridized carbons (Fsp3) is 0.308. The van der Waals surface area contributed by atoms with Crippen LogP contribution < -0.4 is 10.1 Å². The molecule has 1 aromatic carbocycles. The number of benzene rings is 1. The van der Waals surface area contributed by atoms with Crippen LogP contribution in [0.15, 0.2) is 36.4 Å². The molecule has 0 fully saturated rings. The van der Waals surface area contributed by atoms with Crippen molar-refractivity contribution < 1.29 is 9.53 Å². The van der Waals surface area contributed by atoms with Gasteiger partial charge < -0.3 is 10.1 Å². The summed E-state index contributed by atoms with van der Waals surface area (Å²) in [5.74, 6) is 0.805. The number of rotatable bonds is 2. The molecular formula is C13H15NO2. The molecule has 1 N–H and O–H groups in total. The van der Waals surface area contributed by atoms with Crippen molar-refractivity contribution in [3.8, 4) is 5.75 Å². The first-order valence-corrected chi connectivity index (χ1v) is 5.23. The van der Waals surface area contributed by atoms with Crippen LogP contribution in [-0.2, 0) is 4.79 Å². The molecule has 1 aliphatic rings. The molecule has 1 amide bonds. The van der Waals surface area contributed by atoms with Gasteiger partial charge in [0, 0.05) is 5.56 Å². The maximum atomic E-state index is 10.6. The first kappa shape index (κ1) is 10.7. The Hall–Kier alpha value is -1.77. The Morgan fingerprint density at radius 3 is 2.81 bits per heavy atom. The monoisotopic (exact) mass is 217 g/mol. The summed E-state index contributed by atoms with van der Waals surface area (Å²) in [6, 6.07) is 7.52. The average Bonchev–Trinajstić information content (AvgIpc) is 2.24. The van der Waals surface area contributed by atoms with Crippen LogP contribution in [0.25, 0.3) is 0 Å². The Balaban J connectivity index is 2.50. The Bertz CT molecular complexity index is 437. The highest BCUT2D eigenvalue weighted by Crippen LogP contribution is 2.41. The van der Waals surface area contributed by atoms with Crippen LogP contribution in [0.1, 0.15) is 25.5 Å². The van der Waals surface area contributed by atoms with Crippen molar-refractivity contribution in [2.75, 3.05) is 0 Å². The quantitative estimate of drug-likeness (QED) is 0.609. The summed E-state index contributed by atoms with van der Waals surface area (Å²) in [5, 5.41) is 2.79. The van der Waals surface area contributed by atoms with Crippen molar-refractivity contribution in [2.45, 2.75) is 25.5 Å². The van der Waals surface area contributed by atoms with E-state index in [4.69, 9.17) is 4.74 Å². The van der Waals surface area contributed by atoms with Crippen LogP contribution in [0.3, 0.4) is 0 Å². The second-order valence-corrected chi connectivity index (χ2v) is 4.39. The van der Waals surface area contributed by atoms with Gasteiger partial charge in [-0.3, -0.25) is 4.79 Å². The number of nitrogens with one attached hydrogen (secondary N) is 1. The molecular weight excluding hydrogens is 202 g/mol. The van der Waals surface area contributed by atoms with Crippen LogP contribution in [0.5, 0.6) is 5.75 Å². The van der Waals surface area contributed by atoms with Crippen molar-refractivity contribution >= 4 is 6.41 Å². The Morgan fingerprint density at radius 2 is 2.12 bits per heavy atom. The molecule has 1 atom stereocenters. The second kappa shape index (κ2) is 3.67. The van der Waals surface area contributed by atoms with E-state index in [-0.39, 0.29) is 6.04 Å². The van der Waals surface area contributed by atoms with Crippen molar-refractivity contribution in [1.82, 2.24) is 5.32 Å². The molecule has 1 heterocycles. The lowest BCUT2D eigenvalue weighted by Crippen LogP contribution is -2.41. The first-order valence-electron chi connectivity index (χ1n) is 5.23. The largest absolute Gasteiger partial charge is 0.483 e. The smallest absolute Gasteiger partial charge is 0.207 e. The Kier molecular flexibility index (Phi) is 2.46. The summed E-state index contributed by atoms with van der Waals surface area (Å²) in [5.41, 5.74) is 1.35. The second-order valence-electron chi connectivity index (χ2n) is 4.39. The molecule has 0 radical (unpaired) electrons. The van der Waals surface area contributed by atoms with E-state index in [1.807, 2.05) is 38.1 Å². The van der Waals surface area contributed by atoms with Crippen molar-refractivity contribution in [3.05, 3.63) is 42.0 Å². The summed E-state index contributed by atoms with van der Waals surface area (Å²) in [4.78, 5) is 10.6. The third-order valence-electron chi connectivity index (χ3n) is 2.95. The number of hydrogen-bond donors (Lipinski definition) is 1. The highest BCUT2D eigenvalue weighted by Gasteiger charge is 2.36. The van der Waals surface area contributed by atoms with E-state index in [9.17, 15) is 4.79 Å². The summed E-state index contributed by atoms with van der Waals surface area (Å²) >= 11 is 0. The van der Waals surface area contributed by atoms with Crippen LogP contribution in [0, 0.1) is 0 Å². The highest BCUT2D eigenvalue weighted by molar-refractivity contribution is 5.54. The summed E-state index contributed by atoms with van der Waals surface area (Å²) in [6.07, 6.45) is 0.702. The lowest BCUT2D eigenvalue weighted by molar-refractivity contribution is -0.110. The van der Waals surface area contributed by atoms with Crippen molar-refractivity contribution in [3.63, 3.8) is 0 Å². The van der Waals surface area contributed by atoms with E-state index < -0.39 is 5.60 Å². The van der Waals surface area contributed by atoms with Gasteiger partial charge in [0.1, 0.15) is 11.4 Å². The summed E-state index contributed by atoms with van der Waals surface area (Å²) < 4.78 is 5.85. The topological polar surface area (TPSA) is 38.3 Å². The van der Waals surface area contributed by atoms with E-state index >= 15 is 0 Å². The predicted molar refractivity (Wildman–Crippen MR) is 62.2 cm³/mol. The molecule has 16 heavy (non-hydrogen) atoms. The maximum Gasteiger partial charge on any atom is 0.207 e. The minimum absolute atomic E-state index is 0.169. The molecule has 0 unspecified atom stereocenters. The highest BCUT2D eigenvalue weighted by atomic mass is 16.5. The van der Waals surface area contributed by atoms with Gasteiger partial charge in [-0.25, -0.2) is 0 Å². The zero-order valence-electron chi connectivity index (χ0n) is 9.49. The molecule has 0 aromatic heterocycles. The van der Waals surface area contributed by atoms with Crippen LogP contribution in [0.2, 0.25) is 0 Å². The molecule has 84 valence electrons. The van der Waals surface area contributed by atoms with E-state index in [1.165, 1.54) is 0 Å². The lowest BCUT2D eigenvalue weighted by atomic mass is 9.85. The van der Waals surface area contributed by atoms with Crippen LogP contribution in [0.4, 0.5) is 0 Å². The Labute approximate surface area is 95.1 Å². The maximum absolute atomic E-state index is 10.6. The molecule has 1 aromatic rings. The van der Waals surface area contributed by atoms with Crippen molar-refractivity contribution in [1.29, 1.82) is 0 Å². The standard InChI is InChI=1S/C13H15NO2/c1-9-12(14-8-15)10-6-4-5-7-11(10)16-13(9,2)3/h4-8,12H,1H2,2-3H3,(H,14,15)/t12-/m0/s1. The van der Waals surface area contributed by atoms with Gasteiger partial charge >= 0.3 is 0 Å². The molecule has 0 aliphatic carbocycles. The van der Waals surface area contributed by atoms with Gasteiger partial charge in [-0.05, 0) is 25.5 Å². The molecule has 0 spiro atoms. The van der Waals surface area contributed by atoms with Gasteiger partial charge in [0.05, 0.1) is 6.04 Å². The van der Waals surface area contributed by atoms with Crippen molar-refractivity contribution in [2.24, 2.45) is 0 Å². The molecule has 3 heteroatoms. The molecule has 1 aliphatic heterocycles. The molecule has 0 bridgehead atoms. The fourth-order valence-electron chi connectivity index (χ4n) is 1.95. The fourth-order valence-corrected chi connectivity index (χ4v) is 1.95. The SMILES string of the molecule is C=C1[C@H](NC=O)c2ccccc2OC1(C)C. The van der Waals surface area contributed by atoms with Crippen LogP contribution in [-0.4, -0.2) is 12.0 Å². The molecule has 0 saturated carbocycles. The normalized spacial score (nSPS) is 21.9. The lowest BCUT2D eigenvalue weighted by Gasteiger charge is -2.39. The van der Waals surface area contributed by atoms with E-state index in [0.717, 1.165) is 16.9 Å². The van der Waals surface area contributed by atoms with Gasteiger partial charge in [0.15, 0.2) is 0 Å². The first-order chi connectivity index (χ1) is 7.56. The average molecular weight is 217 g/mol. The zero-order valence-corrected chi connectivity index (χ0v) is 9.49. The van der Waals surface area contributed by atoms with E-state index in [0.29, 0.717) is 6.41 Å². The van der Waals surface area contributed by atoms with Gasteiger partial charge in [-0.2, -0.15) is 0 Å². The number of hydrogen-bond acceptors (Lipinski definition) is 2. The third-order valence-corrected chi connectivity index (χ3v) is 2.95. The number of carbonyl (C=O) groups is 1. The number of amides is 1. The minimum Gasteiger partial charge on any atom is -0.483 e. The van der Waals surface area contributed by atoms with E-state index in [1.54, 1.807) is 0 Å². The molecule has 3 nitrogen and oxygen atoms in total. The van der Waals surface area contributed by atoms with Crippen LogP contribution >= 0.6 is 0 Å². The molecule has 2 rings (SSSR count). The van der Waals surface area contributed by atoms with Gasteiger partial charge in [0.25, 0.3) is 0 Å². The summed E-state index contributed by atoms with van der Waals surface area (Å²) in [6.45, 7) is 7.92. The zero-order chi connectivity index (χ0) is 11.8. The van der Waals surface area contributed by atoms with Gasteiger partial charge in [0.2, 0.25) is 6.41 Å². The third kappa shape index (κ3) is 1.58. The summed E-state index contributed by atoms with van der Waals surface area (Å²) in [7, 11) is 0. The number of fused-ring (bicyclic) bond motifs is 1. The minimum atomic E-state index is -0.463.